The SMILES string of the molecule is CCCS[Te]C. The quantitative estimate of drug-likeness (QED) is 0.513. The third-order valence-electron chi connectivity index (χ3n) is 0.405. The van der Waals surface area contributed by atoms with Gasteiger partial charge in [0.1, 0.15) is 0 Å². The van der Waals surface area contributed by atoms with Crippen LogP contribution in [0.2, 0.25) is 4.97 Å². The van der Waals surface area contributed by atoms with Crippen LogP contribution >= 0.6 is 8.99 Å². The third kappa shape index (κ3) is 5.14. The molecular formula is C4H10STe. The van der Waals surface area contributed by atoms with Crippen molar-refractivity contribution >= 4 is 28.5 Å². The summed E-state index contributed by atoms with van der Waals surface area (Å²) in [5, 5.41) is 0. The second-order valence-electron chi connectivity index (χ2n) is 0.989. The normalized spacial score (nSPS) is 9.00. The van der Waals surface area contributed by atoms with Gasteiger partial charge in [0.05, 0.1) is 0 Å². The first-order valence-electron chi connectivity index (χ1n) is 2.07. The molecule has 0 nitrogen and oxygen atoms in total. The van der Waals surface area contributed by atoms with Crippen molar-refractivity contribution in [3.05, 3.63) is 0 Å². The van der Waals surface area contributed by atoms with E-state index in [1.807, 2.05) is 0 Å². The second kappa shape index (κ2) is 6.14. The predicted molar refractivity (Wildman–Crippen MR) is 34.4 cm³/mol. The van der Waals surface area contributed by atoms with E-state index in [1.165, 1.54) is 12.2 Å². The standard InChI is InChI=1S/C4H10STe/c1-3-4-5-6-2/h3-4H2,1-2H3. The molecule has 0 spiro atoms. The van der Waals surface area contributed by atoms with Crippen molar-refractivity contribution in [3.63, 3.8) is 0 Å². The van der Waals surface area contributed by atoms with E-state index in [2.05, 4.69) is 20.9 Å². The third-order valence-corrected chi connectivity index (χ3v) is 4.66. The van der Waals surface area contributed by atoms with Crippen molar-refractivity contribution < 1.29 is 0 Å². The van der Waals surface area contributed by atoms with Gasteiger partial charge in [0.25, 0.3) is 0 Å². The summed E-state index contributed by atoms with van der Waals surface area (Å²) in [7, 11) is 2.14. The number of rotatable bonds is 3. The molecule has 0 amide bonds. The molecule has 0 rings (SSSR count). The van der Waals surface area contributed by atoms with Gasteiger partial charge in [-0.25, -0.2) is 0 Å². The van der Waals surface area contributed by atoms with Crippen molar-refractivity contribution in [2.45, 2.75) is 18.3 Å². The van der Waals surface area contributed by atoms with E-state index in [0.717, 1.165) is 0 Å². The van der Waals surface area contributed by atoms with Crippen LogP contribution < -0.4 is 0 Å². The summed E-state index contributed by atoms with van der Waals surface area (Å²) in [5.41, 5.74) is 0. The van der Waals surface area contributed by atoms with Crippen LogP contribution in [0.15, 0.2) is 0 Å². The molecule has 0 radical (unpaired) electrons. The van der Waals surface area contributed by atoms with E-state index in [0.29, 0.717) is 19.5 Å². The van der Waals surface area contributed by atoms with Crippen LogP contribution in [0.25, 0.3) is 0 Å². The van der Waals surface area contributed by atoms with E-state index < -0.39 is 0 Å². The van der Waals surface area contributed by atoms with Gasteiger partial charge in [-0.15, -0.1) is 0 Å². The van der Waals surface area contributed by atoms with Crippen molar-refractivity contribution in [3.8, 4) is 0 Å². The van der Waals surface area contributed by atoms with Crippen molar-refractivity contribution in [2.75, 3.05) is 5.75 Å². The van der Waals surface area contributed by atoms with Gasteiger partial charge in [0.15, 0.2) is 0 Å². The molecule has 0 saturated carbocycles. The van der Waals surface area contributed by atoms with Crippen molar-refractivity contribution in [1.82, 2.24) is 0 Å². The van der Waals surface area contributed by atoms with Crippen LogP contribution in [0.1, 0.15) is 13.3 Å². The molecule has 6 heavy (non-hydrogen) atoms. The fourth-order valence-corrected chi connectivity index (χ4v) is 3.35. The average molecular weight is 218 g/mol. The molecule has 0 heterocycles. The first-order chi connectivity index (χ1) is 2.91. The molecule has 0 unspecified atom stereocenters. The van der Waals surface area contributed by atoms with E-state index >= 15 is 0 Å². The minimum absolute atomic E-state index is 0.381. The van der Waals surface area contributed by atoms with E-state index in [1.54, 1.807) is 0 Å². The van der Waals surface area contributed by atoms with E-state index in [4.69, 9.17) is 0 Å². The van der Waals surface area contributed by atoms with Gasteiger partial charge in [-0.3, -0.25) is 0 Å². The molecule has 0 bridgehead atoms. The summed E-state index contributed by atoms with van der Waals surface area (Å²) in [5.74, 6) is 1.39. The molecule has 0 aromatic carbocycles. The summed E-state index contributed by atoms with van der Waals surface area (Å²) in [4.78, 5) is 2.32. The molecule has 0 aliphatic rings. The Morgan fingerprint density at radius 2 is 2.33 bits per heavy atom. The summed E-state index contributed by atoms with van der Waals surface area (Å²) < 4.78 is 0. The summed E-state index contributed by atoms with van der Waals surface area (Å²) in [6.45, 7) is 2.23. The maximum atomic E-state index is 2.32. The zero-order valence-corrected chi connectivity index (χ0v) is 7.38. The molecular weight excluding hydrogens is 208 g/mol. The Bertz CT molecular complexity index is 19.5. The van der Waals surface area contributed by atoms with Crippen LogP contribution in [0.5, 0.6) is 0 Å². The van der Waals surface area contributed by atoms with E-state index in [-0.39, 0.29) is 0 Å². The Morgan fingerprint density at radius 1 is 1.67 bits per heavy atom. The molecule has 0 N–H and O–H groups in total. The molecule has 2 heteroatoms. The topological polar surface area (TPSA) is 0 Å². The first-order valence-corrected chi connectivity index (χ1v) is 8.17. The van der Waals surface area contributed by atoms with E-state index in [9.17, 15) is 0 Å². The average Bonchev–Trinajstić information content (AvgIpc) is 1.61. The second-order valence-corrected chi connectivity index (χ2v) is 6.84. The Morgan fingerprint density at radius 3 is 2.50 bits per heavy atom. The number of hydrogen-bond acceptors (Lipinski definition) is 1. The van der Waals surface area contributed by atoms with Crippen LogP contribution in [0.4, 0.5) is 0 Å². The van der Waals surface area contributed by atoms with Gasteiger partial charge in [-0.1, -0.05) is 0 Å². The summed E-state index contributed by atoms with van der Waals surface area (Å²) in [6.07, 6.45) is 1.35. The Kier molecular flexibility index (Phi) is 7.31. The van der Waals surface area contributed by atoms with Crippen LogP contribution in [-0.4, -0.2) is 25.3 Å². The van der Waals surface area contributed by atoms with Gasteiger partial charge in [0, 0.05) is 0 Å². The minimum atomic E-state index is 0.381. The predicted octanol–water partition coefficient (Wildman–Crippen LogP) is 1.80. The molecule has 0 fully saturated rings. The van der Waals surface area contributed by atoms with Gasteiger partial charge < -0.3 is 0 Å². The zero-order chi connectivity index (χ0) is 4.83. The van der Waals surface area contributed by atoms with Crippen LogP contribution in [0.3, 0.4) is 0 Å². The monoisotopic (exact) mass is 220 g/mol. The summed E-state index contributed by atoms with van der Waals surface area (Å²) >= 11 is 0.381. The Hall–Kier alpha value is 1.14. The summed E-state index contributed by atoms with van der Waals surface area (Å²) in [6, 6.07) is 0. The Balaban J connectivity index is 2.34. The Labute approximate surface area is 52.6 Å². The van der Waals surface area contributed by atoms with Gasteiger partial charge in [0.2, 0.25) is 0 Å². The first kappa shape index (κ1) is 7.14. The molecule has 0 aliphatic heterocycles. The molecule has 38 valence electrons. The van der Waals surface area contributed by atoms with Crippen molar-refractivity contribution in [1.29, 1.82) is 0 Å². The van der Waals surface area contributed by atoms with Crippen LogP contribution in [-0.2, 0) is 0 Å². The maximum absolute atomic E-state index is 2.32. The molecule has 0 aliphatic carbocycles. The molecule has 0 aromatic heterocycles. The van der Waals surface area contributed by atoms with Crippen molar-refractivity contribution in [2.24, 2.45) is 0 Å². The fourth-order valence-electron chi connectivity index (χ4n) is 0.167. The van der Waals surface area contributed by atoms with Gasteiger partial charge in [-0.05, 0) is 0 Å². The molecule has 0 saturated heterocycles. The fraction of sp³-hybridized carbons (Fsp3) is 1.00. The number of hydrogen-bond donors (Lipinski definition) is 0. The van der Waals surface area contributed by atoms with Gasteiger partial charge >= 0.3 is 52.6 Å². The van der Waals surface area contributed by atoms with Gasteiger partial charge in [-0.2, -0.15) is 0 Å². The molecule has 0 aromatic rings. The van der Waals surface area contributed by atoms with Crippen LogP contribution in [0, 0.1) is 0 Å². The zero-order valence-electron chi connectivity index (χ0n) is 4.23. The molecule has 0 atom stereocenters.